The van der Waals surface area contributed by atoms with Gasteiger partial charge in [0.25, 0.3) is 0 Å². The van der Waals surface area contributed by atoms with Gasteiger partial charge >= 0.3 is 0 Å². The largest absolute Gasteiger partial charge is 0.305 e. The number of rotatable bonds is 4. The van der Waals surface area contributed by atoms with Crippen molar-refractivity contribution in [2.24, 2.45) is 0 Å². The highest BCUT2D eigenvalue weighted by atomic mass is 79.9. The van der Waals surface area contributed by atoms with Crippen LogP contribution in [0.4, 0.5) is 0 Å². The molecule has 0 saturated heterocycles. The van der Waals surface area contributed by atoms with Gasteiger partial charge in [-0.05, 0) is 31.8 Å². The Morgan fingerprint density at radius 1 is 1.44 bits per heavy atom. The van der Waals surface area contributed by atoms with Crippen molar-refractivity contribution >= 4 is 50.3 Å². The van der Waals surface area contributed by atoms with Crippen molar-refractivity contribution in [2.75, 3.05) is 19.4 Å². The van der Waals surface area contributed by atoms with E-state index in [0.717, 1.165) is 12.1 Å². The Balaban J connectivity index is 0.00000225. The molecule has 1 aromatic carbocycles. The summed E-state index contributed by atoms with van der Waals surface area (Å²) in [5.74, 6) is 0.0145. The zero-order valence-electron chi connectivity index (χ0n) is 9.17. The normalized spacial score (nSPS) is 10.1. The molecule has 5 heteroatoms. The van der Waals surface area contributed by atoms with E-state index >= 15 is 0 Å². The molecule has 0 aromatic heterocycles. The molecule has 0 unspecified atom stereocenters. The van der Waals surface area contributed by atoms with Crippen LogP contribution >= 0.6 is 44.5 Å². The summed E-state index contributed by atoms with van der Waals surface area (Å²) in [5, 5.41) is 0.819. The van der Waals surface area contributed by atoms with E-state index in [-0.39, 0.29) is 22.8 Å². The van der Waals surface area contributed by atoms with E-state index in [2.05, 4.69) is 15.9 Å². The Hall–Kier alpha value is 0.1000. The van der Waals surface area contributed by atoms with Crippen molar-refractivity contribution in [1.82, 2.24) is 4.90 Å². The Labute approximate surface area is 120 Å². The van der Waals surface area contributed by atoms with Gasteiger partial charge in [0.2, 0.25) is 0 Å². The van der Waals surface area contributed by atoms with Crippen LogP contribution in [0.3, 0.4) is 0 Å². The first-order chi connectivity index (χ1) is 7.04. The molecular weight excluding hydrogens is 357 g/mol. The molecule has 0 radical (unpaired) electrons. The molecule has 1 rings (SSSR count). The number of Topliss-reactive ketones (excluding diaryl/α,β-unsaturated/α-hetero) is 1. The summed E-state index contributed by atoms with van der Waals surface area (Å²) in [6, 6.07) is 5.57. The quantitative estimate of drug-likeness (QED) is 0.596. The molecule has 16 heavy (non-hydrogen) atoms. The molecule has 1 aromatic rings. The summed E-state index contributed by atoms with van der Waals surface area (Å²) in [5.41, 5.74) is 1.68. The minimum atomic E-state index is 0. The van der Waals surface area contributed by atoms with Crippen LogP contribution in [0.2, 0.25) is 5.02 Å². The van der Waals surface area contributed by atoms with Gasteiger partial charge in [0.05, 0.1) is 10.4 Å². The van der Waals surface area contributed by atoms with Crippen LogP contribution in [0.25, 0.3) is 0 Å². The molecular formula is C11H14Br2ClNO. The molecule has 0 aliphatic heterocycles. The van der Waals surface area contributed by atoms with Crippen LogP contribution in [0.5, 0.6) is 0 Å². The third-order valence-corrected chi connectivity index (χ3v) is 2.79. The maximum Gasteiger partial charge on any atom is 0.174 e. The van der Waals surface area contributed by atoms with E-state index < -0.39 is 0 Å². The number of alkyl halides is 1. The van der Waals surface area contributed by atoms with Crippen LogP contribution in [0, 0.1) is 0 Å². The van der Waals surface area contributed by atoms with Gasteiger partial charge in [-0.3, -0.25) is 4.79 Å². The Bertz CT molecular complexity index is 369. The van der Waals surface area contributed by atoms with Crippen LogP contribution in [0.15, 0.2) is 18.2 Å². The maximum atomic E-state index is 11.5. The summed E-state index contributed by atoms with van der Waals surface area (Å²) < 4.78 is 0. The van der Waals surface area contributed by atoms with E-state index in [4.69, 9.17) is 11.6 Å². The molecule has 0 N–H and O–H groups in total. The molecule has 0 fully saturated rings. The molecule has 0 heterocycles. The summed E-state index contributed by atoms with van der Waals surface area (Å²) >= 11 is 9.09. The predicted molar refractivity (Wildman–Crippen MR) is 77.3 cm³/mol. The highest BCUT2D eigenvalue weighted by Gasteiger charge is 2.09. The lowest BCUT2D eigenvalue weighted by molar-refractivity contribution is 0.102. The third-order valence-electron chi connectivity index (χ3n) is 1.95. The molecule has 0 aliphatic carbocycles. The zero-order chi connectivity index (χ0) is 11.4. The van der Waals surface area contributed by atoms with E-state index in [1.54, 1.807) is 6.07 Å². The monoisotopic (exact) mass is 369 g/mol. The number of carbonyl (C=O) groups excluding carboxylic acids is 1. The highest BCUT2D eigenvalue weighted by molar-refractivity contribution is 9.09. The number of nitrogens with zero attached hydrogens (tertiary/aromatic N) is 1. The van der Waals surface area contributed by atoms with Crippen molar-refractivity contribution in [3.05, 3.63) is 34.3 Å². The lowest BCUT2D eigenvalue weighted by Gasteiger charge is -2.11. The Morgan fingerprint density at radius 2 is 2.06 bits per heavy atom. The average Bonchev–Trinajstić information content (AvgIpc) is 2.19. The first-order valence-electron chi connectivity index (χ1n) is 4.57. The summed E-state index contributed by atoms with van der Waals surface area (Å²) in [7, 11) is 3.97. The second-order valence-corrected chi connectivity index (χ2v) is 4.58. The average molecular weight is 372 g/mol. The predicted octanol–water partition coefficient (Wildman–Crippen LogP) is 3.56. The van der Waals surface area contributed by atoms with Crippen LogP contribution in [-0.2, 0) is 6.54 Å². The second-order valence-electron chi connectivity index (χ2n) is 3.61. The first-order valence-corrected chi connectivity index (χ1v) is 6.07. The molecule has 0 bridgehead atoms. The van der Waals surface area contributed by atoms with Gasteiger partial charge in [-0.1, -0.05) is 33.6 Å². The molecule has 90 valence electrons. The number of hydrogen-bond acceptors (Lipinski definition) is 2. The lowest BCUT2D eigenvalue weighted by atomic mass is 10.1. The summed E-state index contributed by atoms with van der Waals surface area (Å²) in [6.45, 7) is 0.805. The second kappa shape index (κ2) is 7.43. The topological polar surface area (TPSA) is 20.3 Å². The molecule has 0 atom stereocenters. The molecule has 0 spiro atoms. The van der Waals surface area contributed by atoms with Crippen molar-refractivity contribution in [1.29, 1.82) is 0 Å². The zero-order valence-corrected chi connectivity index (χ0v) is 13.2. The Kier molecular flexibility index (Phi) is 7.48. The third kappa shape index (κ3) is 4.53. The van der Waals surface area contributed by atoms with Crippen LogP contribution < -0.4 is 0 Å². The van der Waals surface area contributed by atoms with Crippen molar-refractivity contribution in [3.8, 4) is 0 Å². The van der Waals surface area contributed by atoms with Crippen molar-refractivity contribution < 1.29 is 4.79 Å². The van der Waals surface area contributed by atoms with Gasteiger partial charge in [0.15, 0.2) is 5.78 Å². The number of benzene rings is 1. The summed E-state index contributed by atoms with van der Waals surface area (Å²) in [4.78, 5) is 13.6. The van der Waals surface area contributed by atoms with Crippen molar-refractivity contribution in [3.63, 3.8) is 0 Å². The van der Waals surface area contributed by atoms with Gasteiger partial charge in [0.1, 0.15) is 0 Å². The number of halogens is 3. The molecule has 0 aliphatic rings. The lowest BCUT2D eigenvalue weighted by Crippen LogP contribution is -2.11. The molecule has 2 nitrogen and oxygen atoms in total. The fourth-order valence-electron chi connectivity index (χ4n) is 1.32. The maximum absolute atomic E-state index is 11.5. The fraction of sp³-hybridized carbons (Fsp3) is 0.364. The molecule has 0 saturated carbocycles. The molecule has 0 amide bonds. The Morgan fingerprint density at radius 3 is 2.56 bits per heavy atom. The fourth-order valence-corrected chi connectivity index (χ4v) is 1.85. The van der Waals surface area contributed by atoms with E-state index in [1.165, 1.54) is 0 Å². The van der Waals surface area contributed by atoms with Crippen molar-refractivity contribution in [2.45, 2.75) is 6.54 Å². The van der Waals surface area contributed by atoms with Gasteiger partial charge in [0, 0.05) is 12.1 Å². The minimum absolute atomic E-state index is 0. The number of carbonyl (C=O) groups is 1. The van der Waals surface area contributed by atoms with Crippen LogP contribution in [-0.4, -0.2) is 30.1 Å². The number of ketones is 1. The highest BCUT2D eigenvalue weighted by Crippen LogP contribution is 2.19. The summed E-state index contributed by atoms with van der Waals surface area (Å²) in [6.07, 6.45) is 0. The van der Waals surface area contributed by atoms with Gasteiger partial charge in [-0.2, -0.15) is 0 Å². The standard InChI is InChI=1S/C11H13BrClNO.BrH/c1-14(2)7-8-3-4-10(13)9(5-8)11(15)6-12;/h3-5H,6-7H2,1-2H3;1H. The number of hydrogen-bond donors (Lipinski definition) is 0. The smallest absolute Gasteiger partial charge is 0.174 e. The van der Waals surface area contributed by atoms with Gasteiger partial charge < -0.3 is 4.90 Å². The SMILES string of the molecule is Br.CN(C)Cc1ccc(Cl)c(C(=O)CBr)c1. The van der Waals surface area contributed by atoms with E-state index in [0.29, 0.717) is 15.9 Å². The van der Waals surface area contributed by atoms with Gasteiger partial charge in [-0.25, -0.2) is 0 Å². The van der Waals surface area contributed by atoms with Crippen LogP contribution in [0.1, 0.15) is 15.9 Å². The van der Waals surface area contributed by atoms with E-state index in [1.807, 2.05) is 31.1 Å². The van der Waals surface area contributed by atoms with Gasteiger partial charge in [-0.15, -0.1) is 17.0 Å². The minimum Gasteiger partial charge on any atom is -0.305 e. The first kappa shape index (κ1) is 16.1. The van der Waals surface area contributed by atoms with E-state index in [9.17, 15) is 4.79 Å².